The zero-order valence-corrected chi connectivity index (χ0v) is 16.3. The highest BCUT2D eigenvalue weighted by Crippen LogP contribution is 2.17. The van der Waals surface area contributed by atoms with Gasteiger partial charge in [0, 0.05) is 5.69 Å². The topological polar surface area (TPSA) is 73.1 Å². The highest BCUT2D eigenvalue weighted by Gasteiger charge is 2.17. The van der Waals surface area contributed by atoms with Gasteiger partial charge in [0.1, 0.15) is 22.9 Å². The van der Waals surface area contributed by atoms with Gasteiger partial charge < -0.3 is 5.32 Å². The predicted octanol–water partition coefficient (Wildman–Crippen LogP) is 3.19. The highest BCUT2D eigenvalue weighted by molar-refractivity contribution is 7.17. The fraction of sp³-hybridized carbons (Fsp3) is 0.0952. The van der Waals surface area contributed by atoms with Gasteiger partial charge in [0.2, 0.25) is 5.91 Å². The molecule has 0 aliphatic heterocycles. The molecule has 152 valence electrons. The van der Waals surface area contributed by atoms with Crippen LogP contribution in [-0.2, 0) is 17.9 Å². The molecule has 0 aliphatic rings. The van der Waals surface area contributed by atoms with Gasteiger partial charge in [0.05, 0.1) is 12.1 Å². The molecular weight excluding hydrogens is 412 g/mol. The van der Waals surface area contributed by atoms with E-state index in [1.54, 1.807) is 23.6 Å². The number of carbonyl (C=O) groups excluding carboxylic acids is 1. The maximum Gasteiger partial charge on any atom is 0.332 e. The van der Waals surface area contributed by atoms with Gasteiger partial charge in [0.25, 0.3) is 5.56 Å². The number of carbonyl (C=O) groups is 1. The molecule has 0 unspecified atom stereocenters. The van der Waals surface area contributed by atoms with E-state index < -0.39 is 35.3 Å². The summed E-state index contributed by atoms with van der Waals surface area (Å²) in [4.78, 5) is 38.2. The predicted molar refractivity (Wildman–Crippen MR) is 111 cm³/mol. The van der Waals surface area contributed by atoms with E-state index in [1.807, 2.05) is 0 Å². The van der Waals surface area contributed by atoms with Gasteiger partial charge in [0.15, 0.2) is 0 Å². The Hall–Kier alpha value is -3.59. The molecule has 2 aromatic carbocycles. The summed E-state index contributed by atoms with van der Waals surface area (Å²) >= 11 is 1.17. The minimum absolute atomic E-state index is 0.117. The van der Waals surface area contributed by atoms with E-state index in [2.05, 4.69) is 5.32 Å². The van der Waals surface area contributed by atoms with Gasteiger partial charge in [-0.2, -0.15) is 0 Å². The van der Waals surface area contributed by atoms with E-state index in [4.69, 9.17) is 0 Å². The number of thiophene rings is 1. The molecule has 0 atom stereocenters. The molecule has 4 aromatic rings. The first kappa shape index (κ1) is 19.7. The van der Waals surface area contributed by atoms with Gasteiger partial charge in [-0.25, -0.2) is 18.1 Å². The summed E-state index contributed by atoms with van der Waals surface area (Å²) in [7, 11) is 0. The third kappa shape index (κ3) is 3.92. The van der Waals surface area contributed by atoms with Gasteiger partial charge in [-0.15, -0.1) is 11.3 Å². The summed E-state index contributed by atoms with van der Waals surface area (Å²) in [5, 5.41) is 4.23. The third-order valence-corrected chi connectivity index (χ3v) is 5.41. The third-order valence-electron chi connectivity index (χ3n) is 4.52. The molecule has 0 radical (unpaired) electrons. The Bertz CT molecular complexity index is 1340. The first-order chi connectivity index (χ1) is 14.4. The van der Waals surface area contributed by atoms with E-state index in [9.17, 15) is 23.2 Å². The van der Waals surface area contributed by atoms with Crippen LogP contribution in [0, 0.1) is 11.6 Å². The van der Waals surface area contributed by atoms with Crippen LogP contribution in [0.5, 0.6) is 0 Å². The van der Waals surface area contributed by atoms with Crippen molar-refractivity contribution >= 4 is 33.1 Å². The number of halogens is 2. The number of amides is 1. The van der Waals surface area contributed by atoms with E-state index >= 15 is 0 Å². The molecule has 1 amide bonds. The molecule has 9 heteroatoms. The molecular formula is C21H15F2N3O3S. The quantitative estimate of drug-likeness (QED) is 0.532. The minimum atomic E-state index is -0.649. The first-order valence-electron chi connectivity index (χ1n) is 8.93. The number of anilines is 1. The second kappa shape index (κ2) is 8.03. The van der Waals surface area contributed by atoms with E-state index in [1.165, 1.54) is 52.3 Å². The molecule has 0 spiro atoms. The number of benzene rings is 2. The molecule has 0 bridgehead atoms. The monoisotopic (exact) mass is 427 g/mol. The molecule has 0 saturated carbocycles. The SMILES string of the molecule is O=C(Cn1c(=O)c2sccc2n(Cc2ccc(F)cc2)c1=O)Nc1ccc(F)cc1. The summed E-state index contributed by atoms with van der Waals surface area (Å²) in [6, 6.07) is 12.5. The second-order valence-electron chi connectivity index (χ2n) is 6.58. The van der Waals surface area contributed by atoms with Crippen molar-refractivity contribution in [1.82, 2.24) is 9.13 Å². The zero-order valence-electron chi connectivity index (χ0n) is 15.5. The standard InChI is InChI=1S/C21H15F2N3O3S/c22-14-3-1-13(2-4-14)11-25-17-9-10-30-19(17)20(28)26(21(25)29)12-18(27)24-16-7-5-15(23)6-8-16/h1-10H,11-12H2,(H,24,27). The summed E-state index contributed by atoms with van der Waals surface area (Å²) < 4.78 is 28.8. The van der Waals surface area contributed by atoms with Crippen molar-refractivity contribution in [3.63, 3.8) is 0 Å². The molecule has 6 nitrogen and oxygen atoms in total. The fourth-order valence-corrected chi connectivity index (χ4v) is 3.92. The van der Waals surface area contributed by atoms with Crippen LogP contribution in [0.2, 0.25) is 0 Å². The lowest BCUT2D eigenvalue weighted by Gasteiger charge is -2.12. The smallest absolute Gasteiger partial charge is 0.325 e. The van der Waals surface area contributed by atoms with Crippen molar-refractivity contribution in [3.05, 3.63) is 98.0 Å². The number of hydrogen-bond acceptors (Lipinski definition) is 4. The lowest BCUT2D eigenvalue weighted by Crippen LogP contribution is -2.42. The minimum Gasteiger partial charge on any atom is -0.325 e. The van der Waals surface area contributed by atoms with E-state index in [0.29, 0.717) is 21.5 Å². The second-order valence-corrected chi connectivity index (χ2v) is 7.49. The maximum absolute atomic E-state index is 13.2. The number of nitrogens with one attached hydrogen (secondary N) is 1. The Labute approximate surface area is 172 Å². The lowest BCUT2D eigenvalue weighted by atomic mass is 10.2. The Balaban J connectivity index is 1.70. The van der Waals surface area contributed by atoms with Crippen molar-refractivity contribution < 1.29 is 13.6 Å². The van der Waals surface area contributed by atoms with Gasteiger partial charge in [-0.3, -0.25) is 14.2 Å². The van der Waals surface area contributed by atoms with Crippen LogP contribution in [-0.4, -0.2) is 15.0 Å². The molecule has 2 heterocycles. The van der Waals surface area contributed by atoms with E-state index in [-0.39, 0.29) is 6.54 Å². The fourth-order valence-electron chi connectivity index (χ4n) is 3.08. The molecule has 0 fully saturated rings. The van der Waals surface area contributed by atoms with Crippen LogP contribution in [0.15, 0.2) is 69.6 Å². The Kier molecular flexibility index (Phi) is 5.28. The van der Waals surface area contributed by atoms with Crippen molar-refractivity contribution in [3.8, 4) is 0 Å². The molecule has 4 rings (SSSR count). The van der Waals surface area contributed by atoms with Gasteiger partial charge in [-0.1, -0.05) is 12.1 Å². The number of aromatic nitrogens is 2. The normalized spacial score (nSPS) is 11.0. The largest absolute Gasteiger partial charge is 0.332 e. The molecule has 0 aliphatic carbocycles. The lowest BCUT2D eigenvalue weighted by molar-refractivity contribution is -0.116. The Morgan fingerprint density at radius 3 is 2.20 bits per heavy atom. The van der Waals surface area contributed by atoms with Gasteiger partial charge in [-0.05, 0) is 53.4 Å². The number of hydrogen-bond donors (Lipinski definition) is 1. The van der Waals surface area contributed by atoms with E-state index in [0.717, 1.165) is 4.57 Å². The van der Waals surface area contributed by atoms with Crippen molar-refractivity contribution in [2.75, 3.05) is 5.32 Å². The highest BCUT2D eigenvalue weighted by atomic mass is 32.1. The van der Waals surface area contributed by atoms with Crippen molar-refractivity contribution in [1.29, 1.82) is 0 Å². The van der Waals surface area contributed by atoms with Crippen LogP contribution in [0.1, 0.15) is 5.56 Å². The van der Waals surface area contributed by atoms with Crippen LogP contribution in [0.3, 0.4) is 0 Å². The summed E-state index contributed by atoms with van der Waals surface area (Å²) in [6.07, 6.45) is 0. The summed E-state index contributed by atoms with van der Waals surface area (Å²) in [5.41, 5.74) is 0.263. The number of rotatable bonds is 5. The molecule has 0 saturated heterocycles. The zero-order chi connectivity index (χ0) is 21.3. The Morgan fingerprint density at radius 1 is 0.900 bits per heavy atom. The van der Waals surface area contributed by atoms with Crippen LogP contribution in [0.25, 0.3) is 10.2 Å². The average Bonchev–Trinajstić information content (AvgIpc) is 3.22. The van der Waals surface area contributed by atoms with Crippen LogP contribution >= 0.6 is 11.3 Å². The molecule has 30 heavy (non-hydrogen) atoms. The average molecular weight is 427 g/mol. The van der Waals surface area contributed by atoms with Crippen LogP contribution < -0.4 is 16.6 Å². The number of nitrogens with zero attached hydrogens (tertiary/aromatic N) is 2. The van der Waals surface area contributed by atoms with Crippen molar-refractivity contribution in [2.24, 2.45) is 0 Å². The van der Waals surface area contributed by atoms with Crippen LogP contribution in [0.4, 0.5) is 14.5 Å². The number of fused-ring (bicyclic) bond motifs is 1. The summed E-state index contributed by atoms with van der Waals surface area (Å²) in [6.45, 7) is -0.376. The first-order valence-corrected chi connectivity index (χ1v) is 9.81. The Morgan fingerprint density at radius 2 is 1.53 bits per heavy atom. The molecule has 2 aromatic heterocycles. The molecule has 1 N–H and O–H groups in total. The summed E-state index contributed by atoms with van der Waals surface area (Å²) in [5.74, 6) is -1.43. The van der Waals surface area contributed by atoms with Gasteiger partial charge >= 0.3 is 5.69 Å². The van der Waals surface area contributed by atoms with Crippen molar-refractivity contribution in [2.45, 2.75) is 13.1 Å². The maximum atomic E-state index is 13.2.